The van der Waals surface area contributed by atoms with Crippen molar-refractivity contribution in [2.75, 3.05) is 24.5 Å². The summed E-state index contributed by atoms with van der Waals surface area (Å²) in [6.45, 7) is 4.29. The maximum Gasteiger partial charge on any atom is 0.252 e. The molecule has 20 heavy (non-hydrogen) atoms. The molecule has 2 aromatic rings. The number of pyridine rings is 1. The number of amides is 2. The highest BCUT2D eigenvalue weighted by atomic mass is 16.2. The van der Waals surface area contributed by atoms with E-state index in [9.17, 15) is 9.59 Å². The van der Waals surface area contributed by atoms with E-state index in [1.165, 1.54) is 15.9 Å². The summed E-state index contributed by atoms with van der Waals surface area (Å²) < 4.78 is 1.61. The molecule has 1 fully saturated rings. The van der Waals surface area contributed by atoms with Crippen molar-refractivity contribution in [2.24, 2.45) is 0 Å². The fourth-order valence-electron chi connectivity index (χ4n) is 2.14. The van der Waals surface area contributed by atoms with Gasteiger partial charge in [0, 0.05) is 19.3 Å². The molecule has 2 aromatic heterocycles. The highest BCUT2D eigenvalue weighted by Crippen LogP contribution is 2.14. The maximum absolute atomic E-state index is 12.1. The highest BCUT2D eigenvalue weighted by Gasteiger charge is 2.29. The molecule has 7 heteroatoms. The zero-order valence-electron chi connectivity index (χ0n) is 10.8. The van der Waals surface area contributed by atoms with E-state index in [1.54, 1.807) is 10.7 Å². The molecule has 0 radical (unpaired) electrons. The van der Waals surface area contributed by atoms with Crippen LogP contribution < -0.4 is 4.90 Å². The van der Waals surface area contributed by atoms with Crippen LogP contribution in [-0.2, 0) is 9.59 Å². The predicted octanol–water partition coefficient (Wildman–Crippen LogP) is 0.0905. The summed E-state index contributed by atoms with van der Waals surface area (Å²) in [6, 6.07) is 5.52. The molecule has 0 bridgehead atoms. The van der Waals surface area contributed by atoms with Crippen molar-refractivity contribution in [1.82, 2.24) is 19.5 Å². The molecule has 1 aliphatic rings. The van der Waals surface area contributed by atoms with Crippen molar-refractivity contribution >= 4 is 23.4 Å². The zero-order valence-corrected chi connectivity index (χ0v) is 10.8. The van der Waals surface area contributed by atoms with Gasteiger partial charge in [0.15, 0.2) is 5.65 Å². The molecule has 2 amide bonds. The van der Waals surface area contributed by atoms with Gasteiger partial charge in [-0.3, -0.25) is 14.5 Å². The number of nitrogens with zero attached hydrogens (tertiary/aromatic N) is 5. The van der Waals surface area contributed by atoms with Crippen molar-refractivity contribution in [3.63, 3.8) is 0 Å². The Labute approximate surface area is 115 Å². The van der Waals surface area contributed by atoms with Crippen molar-refractivity contribution in [2.45, 2.75) is 0 Å². The smallest absolute Gasteiger partial charge is 0.252 e. The van der Waals surface area contributed by atoms with E-state index in [4.69, 9.17) is 0 Å². The van der Waals surface area contributed by atoms with Gasteiger partial charge < -0.3 is 4.90 Å². The van der Waals surface area contributed by atoms with Crippen molar-refractivity contribution < 1.29 is 9.59 Å². The number of hydrogen-bond donors (Lipinski definition) is 0. The van der Waals surface area contributed by atoms with E-state index in [1.807, 2.05) is 18.2 Å². The van der Waals surface area contributed by atoms with E-state index in [2.05, 4.69) is 16.7 Å². The topological polar surface area (TPSA) is 70.8 Å². The van der Waals surface area contributed by atoms with Gasteiger partial charge in [-0.2, -0.15) is 4.98 Å². The number of fused-ring (bicyclic) bond motifs is 1. The summed E-state index contributed by atoms with van der Waals surface area (Å²) in [7, 11) is 0. The van der Waals surface area contributed by atoms with Crippen molar-refractivity contribution in [1.29, 1.82) is 0 Å². The Morgan fingerprint density at radius 1 is 1.35 bits per heavy atom. The average molecular weight is 271 g/mol. The lowest BCUT2D eigenvalue weighted by Crippen LogP contribution is -2.52. The lowest BCUT2D eigenvalue weighted by Gasteiger charge is -2.31. The molecule has 0 N–H and O–H groups in total. The van der Waals surface area contributed by atoms with Crippen LogP contribution in [-0.4, -0.2) is 50.9 Å². The van der Waals surface area contributed by atoms with E-state index in [0.29, 0.717) is 24.7 Å². The van der Waals surface area contributed by atoms with Gasteiger partial charge in [-0.1, -0.05) is 12.6 Å². The third kappa shape index (κ3) is 2.03. The Kier molecular flexibility index (Phi) is 2.94. The number of hydrogen-bond acceptors (Lipinski definition) is 4. The van der Waals surface area contributed by atoms with E-state index in [-0.39, 0.29) is 18.4 Å². The first-order valence-electron chi connectivity index (χ1n) is 6.22. The number of piperazine rings is 1. The lowest BCUT2D eigenvalue weighted by atomic mass is 10.3. The fourth-order valence-corrected chi connectivity index (χ4v) is 2.14. The second-order valence-corrected chi connectivity index (χ2v) is 4.42. The average Bonchev–Trinajstić information content (AvgIpc) is 2.89. The summed E-state index contributed by atoms with van der Waals surface area (Å²) in [5.41, 5.74) is 0.680. The maximum atomic E-state index is 12.1. The van der Waals surface area contributed by atoms with Crippen LogP contribution in [0.3, 0.4) is 0 Å². The quantitative estimate of drug-likeness (QED) is 0.726. The Bertz CT molecular complexity index is 660. The third-order valence-corrected chi connectivity index (χ3v) is 3.18. The van der Waals surface area contributed by atoms with Crippen molar-refractivity contribution in [3.05, 3.63) is 37.1 Å². The SMILES string of the molecule is C=CC(=O)N1CCN(c2nc3ccccn3n2)C(=O)C1. The van der Waals surface area contributed by atoms with Crippen LogP contribution in [0.2, 0.25) is 0 Å². The molecule has 7 nitrogen and oxygen atoms in total. The summed E-state index contributed by atoms with van der Waals surface area (Å²) >= 11 is 0. The summed E-state index contributed by atoms with van der Waals surface area (Å²) in [4.78, 5) is 30.9. The minimum Gasteiger partial charge on any atom is -0.328 e. The first-order chi connectivity index (χ1) is 9.69. The van der Waals surface area contributed by atoms with Crippen LogP contribution in [0.15, 0.2) is 37.1 Å². The first kappa shape index (κ1) is 12.3. The van der Waals surface area contributed by atoms with Crippen LogP contribution in [0.4, 0.5) is 5.95 Å². The Balaban J connectivity index is 1.83. The van der Waals surface area contributed by atoms with Gasteiger partial charge in [0.1, 0.15) is 6.54 Å². The monoisotopic (exact) mass is 271 g/mol. The standard InChI is InChI=1S/C13H13N5O2/c1-2-11(19)16-7-8-17(12(20)9-16)13-14-10-5-3-4-6-18(10)15-13/h2-6H,1,7-9H2. The van der Waals surface area contributed by atoms with Crippen LogP contribution in [0, 0.1) is 0 Å². The Morgan fingerprint density at radius 3 is 2.90 bits per heavy atom. The van der Waals surface area contributed by atoms with Crippen molar-refractivity contribution in [3.8, 4) is 0 Å². The fraction of sp³-hybridized carbons (Fsp3) is 0.231. The minimum atomic E-state index is -0.235. The largest absolute Gasteiger partial charge is 0.328 e. The van der Waals surface area contributed by atoms with E-state index < -0.39 is 0 Å². The molecule has 0 atom stereocenters. The summed E-state index contributed by atoms with van der Waals surface area (Å²) in [5.74, 6) is -0.0600. The normalized spacial score (nSPS) is 15.7. The van der Waals surface area contributed by atoms with Gasteiger partial charge in [-0.15, -0.1) is 5.10 Å². The van der Waals surface area contributed by atoms with Gasteiger partial charge in [0.05, 0.1) is 0 Å². The highest BCUT2D eigenvalue weighted by molar-refractivity contribution is 5.98. The van der Waals surface area contributed by atoms with Gasteiger partial charge in [0.2, 0.25) is 11.8 Å². The number of anilines is 1. The molecule has 3 heterocycles. The molecule has 1 aliphatic heterocycles. The molecule has 102 valence electrons. The molecule has 0 aromatic carbocycles. The van der Waals surface area contributed by atoms with Crippen LogP contribution in [0.5, 0.6) is 0 Å². The van der Waals surface area contributed by atoms with Gasteiger partial charge in [0.25, 0.3) is 5.95 Å². The van der Waals surface area contributed by atoms with Gasteiger partial charge in [-0.05, 0) is 18.2 Å². The molecule has 1 saturated heterocycles. The van der Waals surface area contributed by atoms with Crippen LogP contribution >= 0.6 is 0 Å². The van der Waals surface area contributed by atoms with Crippen LogP contribution in [0.25, 0.3) is 5.65 Å². The second-order valence-electron chi connectivity index (χ2n) is 4.42. The zero-order chi connectivity index (χ0) is 14.1. The molecular formula is C13H13N5O2. The van der Waals surface area contributed by atoms with Gasteiger partial charge in [-0.25, -0.2) is 4.52 Å². The van der Waals surface area contributed by atoms with Crippen LogP contribution in [0.1, 0.15) is 0 Å². The Morgan fingerprint density at radius 2 is 2.20 bits per heavy atom. The number of carbonyl (C=O) groups is 2. The number of aromatic nitrogens is 3. The van der Waals surface area contributed by atoms with E-state index >= 15 is 0 Å². The molecule has 3 rings (SSSR count). The molecular weight excluding hydrogens is 258 g/mol. The molecule has 0 unspecified atom stereocenters. The summed E-state index contributed by atoms with van der Waals surface area (Å²) in [6.07, 6.45) is 2.99. The number of carbonyl (C=O) groups excluding carboxylic acids is 2. The minimum absolute atomic E-state index is 0.0282. The Hall–Kier alpha value is -2.70. The third-order valence-electron chi connectivity index (χ3n) is 3.18. The second kappa shape index (κ2) is 4.76. The van der Waals surface area contributed by atoms with E-state index in [0.717, 1.165) is 0 Å². The molecule has 0 saturated carbocycles. The number of rotatable bonds is 2. The van der Waals surface area contributed by atoms with Gasteiger partial charge >= 0.3 is 0 Å². The first-order valence-corrected chi connectivity index (χ1v) is 6.22. The lowest BCUT2D eigenvalue weighted by molar-refractivity contribution is -0.133. The molecule has 0 aliphatic carbocycles. The predicted molar refractivity (Wildman–Crippen MR) is 72.1 cm³/mol. The summed E-state index contributed by atoms with van der Waals surface area (Å²) in [5, 5.41) is 4.26. The molecule has 0 spiro atoms.